The van der Waals surface area contributed by atoms with Crippen molar-refractivity contribution in [2.75, 3.05) is 13.1 Å². The summed E-state index contributed by atoms with van der Waals surface area (Å²) in [6, 6.07) is 2.05. The van der Waals surface area contributed by atoms with Crippen LogP contribution in [-0.4, -0.2) is 19.2 Å². The third kappa shape index (κ3) is 3.18. The predicted molar refractivity (Wildman–Crippen MR) is 71.6 cm³/mol. The minimum atomic E-state index is -0.662. The van der Waals surface area contributed by atoms with Gasteiger partial charge >= 0.3 is 0 Å². The highest BCUT2D eigenvalue weighted by atomic mass is 35.5. The van der Waals surface area contributed by atoms with Crippen LogP contribution in [-0.2, 0) is 0 Å². The van der Waals surface area contributed by atoms with Crippen LogP contribution < -0.4 is 10.1 Å². The Kier molecular flexibility index (Phi) is 4.63. The summed E-state index contributed by atoms with van der Waals surface area (Å²) in [6.07, 6.45) is 0.793. The second-order valence-electron chi connectivity index (χ2n) is 5.25. The van der Waals surface area contributed by atoms with Gasteiger partial charge in [-0.25, -0.2) is 8.78 Å². The van der Waals surface area contributed by atoms with Crippen LogP contribution in [0.25, 0.3) is 0 Å². The Morgan fingerprint density at radius 1 is 1.32 bits per heavy atom. The summed E-state index contributed by atoms with van der Waals surface area (Å²) in [5.41, 5.74) is 0. The molecule has 0 unspecified atom stereocenters. The lowest BCUT2D eigenvalue weighted by Crippen LogP contribution is -2.34. The van der Waals surface area contributed by atoms with Crippen LogP contribution in [0.5, 0.6) is 5.75 Å². The largest absolute Gasteiger partial charge is 0.485 e. The summed E-state index contributed by atoms with van der Waals surface area (Å²) < 4.78 is 32.9. The number of benzene rings is 1. The van der Waals surface area contributed by atoms with Crippen LogP contribution in [0.1, 0.15) is 20.3 Å². The van der Waals surface area contributed by atoms with E-state index in [4.69, 9.17) is 16.3 Å². The SMILES string of the molecule is CC(C)[C@H](Oc1c(F)ccc(F)c1Cl)[C@H]1CCNC1. The van der Waals surface area contributed by atoms with Crippen molar-refractivity contribution in [3.63, 3.8) is 0 Å². The van der Waals surface area contributed by atoms with Crippen LogP contribution in [0.4, 0.5) is 8.78 Å². The van der Waals surface area contributed by atoms with Crippen molar-refractivity contribution in [2.45, 2.75) is 26.4 Å². The summed E-state index contributed by atoms with van der Waals surface area (Å²) in [6.45, 7) is 5.77. The molecular formula is C14H18ClF2NO. The Labute approximate surface area is 117 Å². The van der Waals surface area contributed by atoms with E-state index >= 15 is 0 Å². The third-order valence-electron chi connectivity index (χ3n) is 3.48. The van der Waals surface area contributed by atoms with Crippen molar-refractivity contribution in [3.8, 4) is 5.75 Å². The molecule has 1 aromatic carbocycles. The fraction of sp³-hybridized carbons (Fsp3) is 0.571. The lowest BCUT2D eigenvalue weighted by atomic mass is 9.92. The molecule has 0 aliphatic carbocycles. The molecule has 1 aliphatic heterocycles. The average molecular weight is 290 g/mol. The Balaban J connectivity index is 2.24. The molecule has 19 heavy (non-hydrogen) atoms. The summed E-state index contributed by atoms with van der Waals surface area (Å²) in [5.74, 6) is -0.970. The standard InChI is InChI=1S/C14H18ClF2NO/c1-8(2)13(9-5-6-18-7-9)19-14-11(17)4-3-10(16)12(14)15/h3-4,8-9,13,18H,5-7H2,1-2H3/t9-,13-/m0/s1. The molecule has 1 aliphatic rings. The van der Waals surface area contributed by atoms with Crippen molar-refractivity contribution in [1.29, 1.82) is 0 Å². The van der Waals surface area contributed by atoms with Crippen LogP contribution in [0, 0.1) is 23.5 Å². The van der Waals surface area contributed by atoms with E-state index < -0.39 is 11.6 Å². The Morgan fingerprint density at radius 2 is 2.00 bits per heavy atom. The zero-order chi connectivity index (χ0) is 14.0. The molecule has 0 saturated carbocycles. The van der Waals surface area contributed by atoms with Crippen molar-refractivity contribution < 1.29 is 13.5 Å². The average Bonchev–Trinajstić information content (AvgIpc) is 2.87. The molecule has 0 spiro atoms. The first-order chi connectivity index (χ1) is 9.00. The minimum absolute atomic E-state index is 0.174. The van der Waals surface area contributed by atoms with Gasteiger partial charge in [-0.1, -0.05) is 25.4 Å². The predicted octanol–water partition coefficient (Wildman–Crippen LogP) is 3.63. The summed E-state index contributed by atoms with van der Waals surface area (Å²) in [4.78, 5) is 0. The molecule has 0 amide bonds. The van der Waals surface area contributed by atoms with Gasteiger partial charge in [-0.2, -0.15) is 0 Å². The van der Waals surface area contributed by atoms with Crippen molar-refractivity contribution in [2.24, 2.45) is 11.8 Å². The van der Waals surface area contributed by atoms with Crippen LogP contribution in [0.3, 0.4) is 0 Å². The quantitative estimate of drug-likeness (QED) is 0.855. The highest BCUT2D eigenvalue weighted by Gasteiger charge is 2.30. The summed E-state index contributed by atoms with van der Waals surface area (Å²) >= 11 is 5.80. The van der Waals surface area contributed by atoms with Gasteiger partial charge in [-0.05, 0) is 31.0 Å². The highest BCUT2D eigenvalue weighted by Crippen LogP contribution is 2.34. The zero-order valence-electron chi connectivity index (χ0n) is 11.1. The van der Waals surface area contributed by atoms with Crippen LogP contribution in [0.2, 0.25) is 5.02 Å². The lowest BCUT2D eigenvalue weighted by molar-refractivity contribution is 0.0924. The number of nitrogens with one attached hydrogen (secondary N) is 1. The van der Waals surface area contributed by atoms with E-state index in [0.29, 0.717) is 5.92 Å². The maximum absolute atomic E-state index is 13.7. The van der Waals surface area contributed by atoms with Gasteiger partial charge in [0.1, 0.15) is 16.9 Å². The second-order valence-corrected chi connectivity index (χ2v) is 5.63. The first-order valence-corrected chi connectivity index (χ1v) is 6.89. The monoisotopic (exact) mass is 289 g/mol. The molecule has 0 aromatic heterocycles. The molecule has 106 valence electrons. The molecule has 1 saturated heterocycles. The van der Waals surface area contributed by atoms with Gasteiger partial charge in [0.15, 0.2) is 11.6 Å². The van der Waals surface area contributed by atoms with Gasteiger partial charge in [0.25, 0.3) is 0 Å². The third-order valence-corrected chi connectivity index (χ3v) is 3.83. The topological polar surface area (TPSA) is 21.3 Å². The molecule has 1 heterocycles. The molecule has 2 atom stereocenters. The number of hydrogen-bond acceptors (Lipinski definition) is 2. The van der Waals surface area contributed by atoms with E-state index in [0.717, 1.165) is 31.6 Å². The minimum Gasteiger partial charge on any atom is -0.485 e. The van der Waals surface area contributed by atoms with E-state index in [-0.39, 0.29) is 22.8 Å². The second kappa shape index (κ2) is 6.06. The molecule has 5 heteroatoms. The van der Waals surface area contributed by atoms with Gasteiger partial charge < -0.3 is 10.1 Å². The first-order valence-electron chi connectivity index (χ1n) is 6.51. The summed E-state index contributed by atoms with van der Waals surface area (Å²) in [5, 5.41) is 2.97. The van der Waals surface area contributed by atoms with Gasteiger partial charge in [0, 0.05) is 12.5 Å². The van der Waals surface area contributed by atoms with Crippen molar-refractivity contribution in [1.82, 2.24) is 5.32 Å². The van der Waals surface area contributed by atoms with E-state index in [9.17, 15) is 8.78 Å². The lowest BCUT2D eigenvalue weighted by Gasteiger charge is -2.28. The first kappa shape index (κ1) is 14.5. The maximum Gasteiger partial charge on any atom is 0.176 e. The fourth-order valence-corrected chi connectivity index (χ4v) is 2.68. The Bertz CT molecular complexity index is 447. The molecule has 1 fully saturated rings. The molecular weight excluding hydrogens is 272 g/mol. The van der Waals surface area contributed by atoms with Gasteiger partial charge in [0.2, 0.25) is 0 Å². The van der Waals surface area contributed by atoms with Gasteiger partial charge in [-0.3, -0.25) is 0 Å². The Morgan fingerprint density at radius 3 is 2.58 bits per heavy atom. The zero-order valence-corrected chi connectivity index (χ0v) is 11.8. The molecule has 0 radical (unpaired) electrons. The highest BCUT2D eigenvalue weighted by molar-refractivity contribution is 6.32. The normalized spacial score (nSPS) is 20.8. The van der Waals surface area contributed by atoms with Gasteiger partial charge in [-0.15, -0.1) is 0 Å². The number of ether oxygens (including phenoxy) is 1. The number of hydrogen-bond donors (Lipinski definition) is 1. The van der Waals surface area contributed by atoms with E-state index in [1.54, 1.807) is 0 Å². The van der Waals surface area contributed by atoms with Crippen LogP contribution >= 0.6 is 11.6 Å². The molecule has 1 N–H and O–H groups in total. The van der Waals surface area contributed by atoms with Gasteiger partial charge in [0.05, 0.1) is 0 Å². The number of rotatable bonds is 4. The summed E-state index contributed by atoms with van der Waals surface area (Å²) in [7, 11) is 0. The van der Waals surface area contributed by atoms with E-state index in [1.165, 1.54) is 0 Å². The van der Waals surface area contributed by atoms with E-state index in [1.807, 2.05) is 13.8 Å². The number of halogens is 3. The Hall–Kier alpha value is -0.870. The smallest absolute Gasteiger partial charge is 0.176 e. The molecule has 2 nitrogen and oxygen atoms in total. The fourth-order valence-electron chi connectivity index (χ4n) is 2.49. The molecule has 2 rings (SSSR count). The molecule has 0 bridgehead atoms. The van der Waals surface area contributed by atoms with Crippen molar-refractivity contribution >= 4 is 11.6 Å². The van der Waals surface area contributed by atoms with E-state index in [2.05, 4.69) is 5.32 Å². The molecule has 1 aromatic rings. The van der Waals surface area contributed by atoms with Crippen molar-refractivity contribution in [3.05, 3.63) is 28.8 Å². The maximum atomic E-state index is 13.7. The van der Waals surface area contributed by atoms with Crippen LogP contribution in [0.15, 0.2) is 12.1 Å².